The highest BCUT2D eigenvalue weighted by molar-refractivity contribution is 5.76. The van der Waals surface area contributed by atoms with Crippen LogP contribution in [0.4, 0.5) is 4.39 Å². The quantitative estimate of drug-likeness (QED) is 0.793. The minimum atomic E-state index is -1.64. The molecule has 0 amide bonds. The summed E-state index contributed by atoms with van der Waals surface area (Å²) >= 11 is 0. The number of esters is 1. The molecule has 1 atom stereocenters. The highest BCUT2D eigenvalue weighted by atomic mass is 19.1. The van der Waals surface area contributed by atoms with Gasteiger partial charge in [-0.2, -0.15) is 0 Å². The van der Waals surface area contributed by atoms with E-state index in [-0.39, 0.29) is 11.3 Å². The number of carbonyl (C=O) groups excluding carboxylic acids is 1. The molecule has 88 valence electrons. The molecule has 0 bridgehead atoms. The Labute approximate surface area is 92.6 Å². The summed E-state index contributed by atoms with van der Waals surface area (Å²) < 4.78 is 22.8. The summed E-state index contributed by atoms with van der Waals surface area (Å²) in [5.74, 6) is -1.68. The van der Waals surface area contributed by atoms with Gasteiger partial charge in [-0.1, -0.05) is 0 Å². The van der Waals surface area contributed by atoms with Gasteiger partial charge in [-0.05, 0) is 24.6 Å². The topological polar surface area (TPSA) is 55.8 Å². The van der Waals surface area contributed by atoms with Crippen molar-refractivity contribution >= 4 is 5.97 Å². The van der Waals surface area contributed by atoms with Gasteiger partial charge in [0.25, 0.3) is 0 Å². The molecule has 0 saturated heterocycles. The molecule has 1 rings (SSSR count). The fourth-order valence-electron chi connectivity index (χ4n) is 1.35. The highest BCUT2D eigenvalue weighted by Crippen LogP contribution is 2.27. The fourth-order valence-corrected chi connectivity index (χ4v) is 1.35. The van der Waals surface area contributed by atoms with Gasteiger partial charge in [0.2, 0.25) is 0 Å². The molecule has 1 aromatic rings. The fraction of sp³-hybridized carbons (Fsp3) is 0.364. The van der Waals surface area contributed by atoms with Crippen molar-refractivity contribution in [3.05, 3.63) is 29.1 Å². The Hall–Kier alpha value is -1.62. The third-order valence-electron chi connectivity index (χ3n) is 2.15. The molecule has 0 fully saturated rings. The predicted molar refractivity (Wildman–Crippen MR) is 54.7 cm³/mol. The first-order valence-corrected chi connectivity index (χ1v) is 4.61. The normalized spacial score (nSPS) is 12.1. The van der Waals surface area contributed by atoms with Gasteiger partial charge in [0.15, 0.2) is 17.7 Å². The second-order valence-corrected chi connectivity index (χ2v) is 3.30. The lowest BCUT2D eigenvalue weighted by atomic mass is 10.1. The van der Waals surface area contributed by atoms with Crippen LogP contribution < -0.4 is 4.74 Å². The summed E-state index contributed by atoms with van der Waals surface area (Å²) in [6.45, 7) is 1.70. The molecule has 16 heavy (non-hydrogen) atoms. The smallest absolute Gasteiger partial charge is 0.339 e. The second-order valence-electron chi connectivity index (χ2n) is 3.30. The van der Waals surface area contributed by atoms with Gasteiger partial charge in [0.05, 0.1) is 14.2 Å². The molecule has 1 unspecified atom stereocenters. The number of aliphatic hydroxyl groups is 1. The Balaban J connectivity index is 3.22. The van der Waals surface area contributed by atoms with Crippen LogP contribution in [0, 0.1) is 12.7 Å². The SMILES string of the molecule is COC(=O)C(O)c1cc(C)cc(OC)c1F. The minimum absolute atomic E-state index is 0.0158. The van der Waals surface area contributed by atoms with Crippen LogP contribution in [0.25, 0.3) is 0 Å². The van der Waals surface area contributed by atoms with Gasteiger partial charge in [0.1, 0.15) is 0 Å². The number of rotatable bonds is 3. The molecule has 1 N–H and O–H groups in total. The average Bonchev–Trinajstić information content (AvgIpc) is 2.29. The van der Waals surface area contributed by atoms with Crippen LogP contribution >= 0.6 is 0 Å². The number of aryl methyl sites for hydroxylation is 1. The Bertz CT molecular complexity index is 403. The maximum Gasteiger partial charge on any atom is 0.339 e. The van der Waals surface area contributed by atoms with Crippen LogP contribution in [-0.4, -0.2) is 25.3 Å². The molecular weight excluding hydrogens is 215 g/mol. The Kier molecular flexibility index (Phi) is 3.84. The van der Waals surface area contributed by atoms with Crippen LogP contribution in [0.2, 0.25) is 0 Å². The predicted octanol–water partition coefficient (Wildman–Crippen LogP) is 1.35. The number of hydrogen-bond acceptors (Lipinski definition) is 4. The van der Waals surface area contributed by atoms with Gasteiger partial charge >= 0.3 is 5.97 Å². The first-order valence-electron chi connectivity index (χ1n) is 4.61. The summed E-state index contributed by atoms with van der Waals surface area (Å²) in [4.78, 5) is 11.1. The van der Waals surface area contributed by atoms with Crippen molar-refractivity contribution in [2.24, 2.45) is 0 Å². The lowest BCUT2D eigenvalue weighted by Gasteiger charge is -2.13. The molecule has 0 radical (unpaired) electrons. The molecule has 0 heterocycles. The van der Waals surface area contributed by atoms with Crippen molar-refractivity contribution in [3.63, 3.8) is 0 Å². The lowest BCUT2D eigenvalue weighted by Crippen LogP contribution is -2.15. The van der Waals surface area contributed by atoms with Crippen molar-refractivity contribution in [2.75, 3.05) is 14.2 Å². The van der Waals surface area contributed by atoms with Crippen molar-refractivity contribution in [1.82, 2.24) is 0 Å². The van der Waals surface area contributed by atoms with E-state index in [2.05, 4.69) is 4.74 Å². The van der Waals surface area contributed by atoms with Gasteiger partial charge in [-0.25, -0.2) is 9.18 Å². The summed E-state index contributed by atoms with van der Waals surface area (Å²) in [7, 11) is 2.43. The van der Waals surface area contributed by atoms with E-state index in [4.69, 9.17) is 4.74 Å². The zero-order valence-electron chi connectivity index (χ0n) is 9.28. The van der Waals surface area contributed by atoms with Gasteiger partial charge < -0.3 is 14.6 Å². The van der Waals surface area contributed by atoms with Crippen molar-refractivity contribution in [1.29, 1.82) is 0 Å². The number of aliphatic hydroxyl groups excluding tert-OH is 1. The van der Waals surface area contributed by atoms with Crippen molar-refractivity contribution in [2.45, 2.75) is 13.0 Å². The molecule has 1 aromatic carbocycles. The van der Waals surface area contributed by atoms with E-state index >= 15 is 0 Å². The van der Waals surface area contributed by atoms with Crippen molar-refractivity contribution < 1.29 is 23.8 Å². The number of ether oxygens (including phenoxy) is 2. The largest absolute Gasteiger partial charge is 0.494 e. The maximum absolute atomic E-state index is 13.7. The van der Waals surface area contributed by atoms with Gasteiger partial charge in [0, 0.05) is 5.56 Å². The van der Waals surface area contributed by atoms with Crippen LogP contribution in [-0.2, 0) is 9.53 Å². The third kappa shape index (κ3) is 2.30. The molecular formula is C11H13FO4. The Morgan fingerprint density at radius 3 is 2.56 bits per heavy atom. The molecule has 0 aliphatic carbocycles. The zero-order valence-corrected chi connectivity index (χ0v) is 9.28. The number of carbonyl (C=O) groups is 1. The average molecular weight is 228 g/mol. The molecule has 0 spiro atoms. The minimum Gasteiger partial charge on any atom is -0.494 e. The summed E-state index contributed by atoms with van der Waals surface area (Å²) in [6.07, 6.45) is -1.64. The van der Waals surface area contributed by atoms with E-state index in [9.17, 15) is 14.3 Å². The van der Waals surface area contributed by atoms with Crippen LogP contribution in [0.1, 0.15) is 17.2 Å². The molecule has 5 heteroatoms. The number of benzene rings is 1. The summed E-state index contributed by atoms with van der Waals surface area (Å²) in [6, 6.07) is 2.85. The van der Waals surface area contributed by atoms with E-state index in [1.807, 2.05) is 0 Å². The van der Waals surface area contributed by atoms with E-state index in [0.29, 0.717) is 5.56 Å². The van der Waals surface area contributed by atoms with Crippen LogP contribution in [0.15, 0.2) is 12.1 Å². The molecule has 0 aliphatic rings. The second kappa shape index (κ2) is 4.94. The van der Waals surface area contributed by atoms with Crippen molar-refractivity contribution in [3.8, 4) is 5.75 Å². The first kappa shape index (κ1) is 12.4. The van der Waals surface area contributed by atoms with Gasteiger partial charge in [-0.3, -0.25) is 0 Å². The highest BCUT2D eigenvalue weighted by Gasteiger charge is 2.24. The zero-order chi connectivity index (χ0) is 12.3. The number of hydrogen-bond donors (Lipinski definition) is 1. The summed E-state index contributed by atoms with van der Waals surface area (Å²) in [5.41, 5.74) is 0.528. The molecule has 4 nitrogen and oxygen atoms in total. The summed E-state index contributed by atoms with van der Waals surface area (Å²) in [5, 5.41) is 9.54. The standard InChI is InChI=1S/C11H13FO4/c1-6-4-7(10(13)11(14)16-3)9(12)8(5-6)15-2/h4-5,10,13H,1-3H3. The van der Waals surface area contributed by atoms with E-state index in [1.54, 1.807) is 6.92 Å². The number of halogens is 1. The number of methoxy groups -OCH3 is 2. The monoisotopic (exact) mass is 228 g/mol. The van der Waals surface area contributed by atoms with Gasteiger partial charge in [-0.15, -0.1) is 0 Å². The lowest BCUT2D eigenvalue weighted by molar-refractivity contribution is -0.150. The van der Waals surface area contributed by atoms with E-state index < -0.39 is 17.9 Å². The van der Waals surface area contributed by atoms with Crippen LogP contribution in [0.3, 0.4) is 0 Å². The Morgan fingerprint density at radius 2 is 2.06 bits per heavy atom. The molecule has 0 aliphatic heterocycles. The van der Waals surface area contributed by atoms with Crippen LogP contribution in [0.5, 0.6) is 5.75 Å². The van der Waals surface area contributed by atoms with E-state index in [1.165, 1.54) is 19.2 Å². The maximum atomic E-state index is 13.7. The molecule has 0 saturated carbocycles. The third-order valence-corrected chi connectivity index (χ3v) is 2.15. The molecule has 0 aromatic heterocycles. The van der Waals surface area contributed by atoms with E-state index in [0.717, 1.165) is 7.11 Å². The first-order chi connectivity index (χ1) is 7.51. The Morgan fingerprint density at radius 1 is 1.44 bits per heavy atom.